The molecule has 2 N–H and O–H groups in total. The fraction of sp³-hybridized carbons (Fsp3) is 0.240. The number of nitro groups is 1. The van der Waals surface area contributed by atoms with Gasteiger partial charge in [0.25, 0.3) is 21.6 Å². The number of rotatable bonds is 8. The molecule has 4 rings (SSSR count). The van der Waals surface area contributed by atoms with Crippen LogP contribution in [0.1, 0.15) is 28.8 Å². The van der Waals surface area contributed by atoms with Crippen LogP contribution < -0.4 is 10.0 Å². The quantitative estimate of drug-likeness (QED) is 0.329. The SMILES string of the molecule is O=C(NC1CCN(Cc2ccccc2)CC1)c1ccc(NS(=O)(=O)c2cc([N+](=O)[O-])ccc2Cl)cc1. The van der Waals surface area contributed by atoms with E-state index in [0.29, 0.717) is 5.56 Å². The standard InChI is InChI=1S/C25H25ClN4O5S/c26-23-11-10-22(30(32)33)16-24(23)36(34,35)28-21-8-6-19(7-9-21)25(31)27-20-12-14-29(15-13-20)17-18-4-2-1-3-5-18/h1-11,16,20,28H,12-15,17H2,(H,27,31). The number of amides is 1. The first-order valence-electron chi connectivity index (χ1n) is 11.4. The molecule has 36 heavy (non-hydrogen) atoms. The Morgan fingerprint density at radius 1 is 1.03 bits per heavy atom. The largest absolute Gasteiger partial charge is 0.349 e. The lowest BCUT2D eigenvalue weighted by Gasteiger charge is -2.32. The highest BCUT2D eigenvalue weighted by Gasteiger charge is 2.23. The van der Waals surface area contributed by atoms with E-state index in [1.165, 1.54) is 29.8 Å². The van der Waals surface area contributed by atoms with Crippen molar-refractivity contribution in [1.82, 2.24) is 10.2 Å². The zero-order valence-corrected chi connectivity index (χ0v) is 20.8. The first-order chi connectivity index (χ1) is 17.2. The van der Waals surface area contributed by atoms with Gasteiger partial charge in [-0.25, -0.2) is 8.42 Å². The van der Waals surface area contributed by atoms with Crippen LogP contribution in [0.5, 0.6) is 0 Å². The molecule has 0 bridgehead atoms. The minimum atomic E-state index is -4.18. The predicted octanol–water partition coefficient (Wildman–Crippen LogP) is 4.44. The molecule has 188 valence electrons. The molecule has 1 saturated heterocycles. The van der Waals surface area contributed by atoms with Crippen molar-refractivity contribution in [1.29, 1.82) is 0 Å². The number of likely N-dealkylation sites (tertiary alicyclic amines) is 1. The number of anilines is 1. The average Bonchev–Trinajstić information content (AvgIpc) is 2.86. The van der Waals surface area contributed by atoms with E-state index >= 15 is 0 Å². The molecule has 1 aliphatic rings. The summed E-state index contributed by atoms with van der Waals surface area (Å²) in [6.45, 7) is 2.67. The number of carbonyl (C=O) groups excluding carboxylic acids is 1. The highest BCUT2D eigenvalue weighted by atomic mass is 35.5. The molecular formula is C25H25ClN4O5S. The maximum absolute atomic E-state index is 12.7. The highest BCUT2D eigenvalue weighted by molar-refractivity contribution is 7.92. The predicted molar refractivity (Wildman–Crippen MR) is 138 cm³/mol. The van der Waals surface area contributed by atoms with Crippen molar-refractivity contribution < 1.29 is 18.1 Å². The number of sulfonamides is 1. The number of hydrogen-bond donors (Lipinski definition) is 2. The number of benzene rings is 3. The average molecular weight is 529 g/mol. The van der Waals surface area contributed by atoms with E-state index in [9.17, 15) is 23.3 Å². The molecule has 0 spiro atoms. The van der Waals surface area contributed by atoms with Crippen LogP contribution in [0.4, 0.5) is 11.4 Å². The molecule has 1 heterocycles. The van der Waals surface area contributed by atoms with Crippen LogP contribution in [0, 0.1) is 10.1 Å². The van der Waals surface area contributed by atoms with E-state index in [2.05, 4.69) is 27.1 Å². The van der Waals surface area contributed by atoms with E-state index in [1.807, 2.05) is 18.2 Å². The zero-order chi connectivity index (χ0) is 25.7. The van der Waals surface area contributed by atoms with Gasteiger partial charge in [-0.3, -0.25) is 24.5 Å². The number of piperidine rings is 1. The summed E-state index contributed by atoms with van der Waals surface area (Å²) in [4.78, 5) is 25.0. The summed E-state index contributed by atoms with van der Waals surface area (Å²) in [6.07, 6.45) is 1.70. The summed E-state index contributed by atoms with van der Waals surface area (Å²) in [6, 6.07) is 19.5. The molecule has 3 aromatic carbocycles. The number of nitro benzene ring substituents is 1. The van der Waals surface area contributed by atoms with Gasteiger partial charge < -0.3 is 5.32 Å². The summed E-state index contributed by atoms with van der Waals surface area (Å²) in [7, 11) is -4.18. The summed E-state index contributed by atoms with van der Waals surface area (Å²) < 4.78 is 27.8. The fourth-order valence-electron chi connectivity index (χ4n) is 4.06. The molecule has 0 unspecified atom stereocenters. The molecule has 3 aromatic rings. The molecule has 0 aliphatic carbocycles. The van der Waals surface area contributed by atoms with Gasteiger partial charge in [-0.2, -0.15) is 0 Å². The van der Waals surface area contributed by atoms with Gasteiger partial charge in [0, 0.05) is 49.1 Å². The summed E-state index contributed by atoms with van der Waals surface area (Å²) in [5.41, 5.74) is 1.47. The van der Waals surface area contributed by atoms with Crippen molar-refractivity contribution in [2.75, 3.05) is 17.8 Å². The minimum Gasteiger partial charge on any atom is -0.349 e. The number of nitrogens with zero attached hydrogens (tertiary/aromatic N) is 2. The number of non-ortho nitro benzene ring substituents is 1. The monoisotopic (exact) mass is 528 g/mol. The Bertz CT molecular complexity index is 1340. The lowest BCUT2D eigenvalue weighted by molar-refractivity contribution is -0.385. The Morgan fingerprint density at radius 2 is 1.69 bits per heavy atom. The topological polar surface area (TPSA) is 122 Å². The van der Waals surface area contributed by atoms with Crippen molar-refractivity contribution in [3.05, 3.63) is 99.1 Å². The van der Waals surface area contributed by atoms with Gasteiger partial charge in [0.15, 0.2) is 0 Å². The second kappa shape index (κ2) is 11.1. The van der Waals surface area contributed by atoms with Crippen molar-refractivity contribution in [3.8, 4) is 0 Å². The van der Waals surface area contributed by atoms with Gasteiger partial charge in [-0.05, 0) is 48.7 Å². The Hall–Kier alpha value is -3.47. The summed E-state index contributed by atoms with van der Waals surface area (Å²) in [5, 5.41) is 13.9. The Kier molecular flexibility index (Phi) is 7.88. The van der Waals surface area contributed by atoms with E-state index in [1.54, 1.807) is 0 Å². The second-order valence-electron chi connectivity index (χ2n) is 8.56. The van der Waals surface area contributed by atoms with Crippen LogP contribution >= 0.6 is 11.6 Å². The molecule has 9 nitrogen and oxygen atoms in total. The van der Waals surface area contributed by atoms with Gasteiger partial charge >= 0.3 is 0 Å². The fourth-order valence-corrected chi connectivity index (χ4v) is 5.64. The first kappa shape index (κ1) is 25.6. The third-order valence-corrected chi connectivity index (χ3v) is 7.85. The van der Waals surface area contributed by atoms with Crippen LogP contribution in [-0.4, -0.2) is 43.3 Å². The normalized spacial score (nSPS) is 14.8. The molecule has 0 atom stereocenters. The van der Waals surface area contributed by atoms with Gasteiger partial charge in [0.1, 0.15) is 4.90 Å². The van der Waals surface area contributed by atoms with Crippen molar-refractivity contribution in [3.63, 3.8) is 0 Å². The molecular weight excluding hydrogens is 504 g/mol. The molecule has 11 heteroatoms. The van der Waals surface area contributed by atoms with Crippen LogP contribution in [0.15, 0.2) is 77.7 Å². The third-order valence-electron chi connectivity index (χ3n) is 5.99. The van der Waals surface area contributed by atoms with Gasteiger partial charge in [0.05, 0.1) is 9.95 Å². The van der Waals surface area contributed by atoms with Crippen LogP contribution in [0.25, 0.3) is 0 Å². The highest BCUT2D eigenvalue weighted by Crippen LogP contribution is 2.28. The van der Waals surface area contributed by atoms with Crippen LogP contribution in [0.3, 0.4) is 0 Å². The number of nitrogens with one attached hydrogen (secondary N) is 2. The second-order valence-corrected chi connectivity index (χ2v) is 10.6. The van der Waals surface area contributed by atoms with E-state index < -0.39 is 25.5 Å². The summed E-state index contributed by atoms with van der Waals surface area (Å²) >= 11 is 5.96. The van der Waals surface area contributed by atoms with Crippen molar-refractivity contribution in [2.45, 2.75) is 30.3 Å². The molecule has 1 aliphatic heterocycles. The zero-order valence-electron chi connectivity index (χ0n) is 19.3. The van der Waals surface area contributed by atoms with Gasteiger partial charge in [-0.15, -0.1) is 0 Å². The smallest absolute Gasteiger partial charge is 0.270 e. The Labute approximate surface area is 214 Å². The maximum Gasteiger partial charge on any atom is 0.270 e. The van der Waals surface area contributed by atoms with Gasteiger partial charge in [0.2, 0.25) is 0 Å². The molecule has 0 saturated carbocycles. The lowest BCUT2D eigenvalue weighted by Crippen LogP contribution is -2.44. The number of hydrogen-bond acceptors (Lipinski definition) is 6. The number of halogens is 1. The minimum absolute atomic E-state index is 0.0683. The van der Waals surface area contributed by atoms with E-state index in [4.69, 9.17) is 11.6 Å². The number of carbonyl (C=O) groups is 1. The first-order valence-corrected chi connectivity index (χ1v) is 13.2. The van der Waals surface area contributed by atoms with Gasteiger partial charge in [-0.1, -0.05) is 41.9 Å². The van der Waals surface area contributed by atoms with Crippen LogP contribution in [-0.2, 0) is 16.6 Å². The van der Waals surface area contributed by atoms with Crippen molar-refractivity contribution >= 4 is 38.9 Å². The summed E-state index contributed by atoms with van der Waals surface area (Å²) in [5.74, 6) is -0.229. The van der Waals surface area contributed by atoms with E-state index in [-0.39, 0.29) is 22.7 Å². The molecule has 1 amide bonds. The van der Waals surface area contributed by atoms with Crippen LogP contribution in [0.2, 0.25) is 5.02 Å². The molecule has 0 radical (unpaired) electrons. The van der Waals surface area contributed by atoms with Crippen molar-refractivity contribution in [2.24, 2.45) is 0 Å². The Balaban J connectivity index is 1.33. The molecule has 1 fully saturated rings. The maximum atomic E-state index is 12.7. The lowest BCUT2D eigenvalue weighted by atomic mass is 10.0. The molecule has 0 aromatic heterocycles. The third kappa shape index (κ3) is 6.39. The van der Waals surface area contributed by atoms with E-state index in [0.717, 1.165) is 50.7 Å². The Morgan fingerprint density at radius 3 is 2.33 bits per heavy atom.